The summed E-state index contributed by atoms with van der Waals surface area (Å²) in [5, 5.41) is 6.36. The molecule has 37 heavy (non-hydrogen) atoms. The number of esters is 1. The molecule has 0 unspecified atom stereocenters. The Bertz CT molecular complexity index is 1280. The Labute approximate surface area is 233 Å². The molecule has 0 saturated heterocycles. The van der Waals surface area contributed by atoms with E-state index >= 15 is 0 Å². The number of halogens is 3. The van der Waals surface area contributed by atoms with Crippen molar-refractivity contribution in [3.8, 4) is 11.5 Å². The highest BCUT2D eigenvalue weighted by molar-refractivity contribution is 9.10. The van der Waals surface area contributed by atoms with Gasteiger partial charge in [-0.1, -0.05) is 39.1 Å². The topological polar surface area (TPSA) is 93.7 Å². The van der Waals surface area contributed by atoms with Crippen LogP contribution in [-0.2, 0) is 19.1 Å². The van der Waals surface area contributed by atoms with Crippen LogP contribution in [0.25, 0.3) is 0 Å². The third-order valence-electron chi connectivity index (χ3n) is 5.13. The Morgan fingerprint density at radius 1 is 0.838 bits per heavy atom. The molecule has 0 aromatic heterocycles. The molecule has 0 heterocycles. The van der Waals surface area contributed by atoms with E-state index in [2.05, 4.69) is 26.6 Å². The second-order valence-electron chi connectivity index (χ2n) is 8.24. The second-order valence-corrected chi connectivity index (χ2v) is 9.87. The zero-order valence-electron chi connectivity index (χ0n) is 20.2. The maximum atomic E-state index is 12.2. The van der Waals surface area contributed by atoms with Gasteiger partial charge in [0.05, 0.1) is 5.02 Å². The van der Waals surface area contributed by atoms with E-state index in [0.29, 0.717) is 32.9 Å². The molecular weight excluding hydrogens is 583 g/mol. The molecule has 0 radical (unpaired) electrons. The van der Waals surface area contributed by atoms with Gasteiger partial charge in [-0.05, 0) is 86.0 Å². The highest BCUT2D eigenvalue weighted by Crippen LogP contribution is 2.32. The first kappa shape index (κ1) is 28.5. The number of carbonyl (C=O) groups is 3. The Morgan fingerprint density at radius 3 is 2.14 bits per heavy atom. The first-order valence-electron chi connectivity index (χ1n) is 11.4. The maximum absolute atomic E-state index is 12.2. The van der Waals surface area contributed by atoms with Gasteiger partial charge in [-0.2, -0.15) is 0 Å². The molecule has 0 aliphatic rings. The minimum absolute atomic E-state index is 0.0197. The van der Waals surface area contributed by atoms with Crippen LogP contribution >= 0.6 is 39.1 Å². The van der Waals surface area contributed by atoms with E-state index in [-0.39, 0.29) is 25.2 Å². The number of hydrogen-bond acceptors (Lipinski definition) is 5. The number of ether oxygens (including phenoxy) is 2. The van der Waals surface area contributed by atoms with E-state index in [1.165, 1.54) is 0 Å². The third kappa shape index (κ3) is 9.07. The van der Waals surface area contributed by atoms with Crippen molar-refractivity contribution in [3.63, 3.8) is 0 Å². The molecule has 0 saturated carbocycles. The monoisotopic (exact) mass is 606 g/mol. The summed E-state index contributed by atoms with van der Waals surface area (Å²) in [6.45, 7) is 3.45. The Morgan fingerprint density at radius 2 is 1.49 bits per heavy atom. The quantitative estimate of drug-likeness (QED) is 0.233. The van der Waals surface area contributed by atoms with Crippen molar-refractivity contribution in [2.75, 3.05) is 17.2 Å². The average Bonchev–Trinajstić information content (AvgIpc) is 2.84. The molecule has 0 fully saturated rings. The molecule has 0 atom stereocenters. The van der Waals surface area contributed by atoms with Crippen LogP contribution in [0.1, 0.15) is 30.4 Å². The van der Waals surface area contributed by atoms with Crippen molar-refractivity contribution >= 4 is 68.3 Å². The molecule has 2 N–H and O–H groups in total. The lowest BCUT2D eigenvalue weighted by Gasteiger charge is -2.10. The molecule has 0 bridgehead atoms. The zero-order valence-corrected chi connectivity index (χ0v) is 23.3. The second kappa shape index (κ2) is 13.5. The van der Waals surface area contributed by atoms with Gasteiger partial charge in [-0.15, -0.1) is 0 Å². The molecular formula is C27H25BrCl2N2O5. The van der Waals surface area contributed by atoms with E-state index in [4.69, 9.17) is 32.7 Å². The molecule has 194 valence electrons. The molecule has 2 amide bonds. The van der Waals surface area contributed by atoms with Crippen molar-refractivity contribution < 1.29 is 23.9 Å². The lowest BCUT2D eigenvalue weighted by atomic mass is 10.1. The fraction of sp³-hybridized carbons (Fsp3) is 0.222. The molecule has 3 aromatic carbocycles. The molecule has 0 spiro atoms. The van der Waals surface area contributed by atoms with Crippen molar-refractivity contribution in [2.24, 2.45) is 0 Å². The zero-order chi connectivity index (χ0) is 26.9. The van der Waals surface area contributed by atoms with Gasteiger partial charge in [0.15, 0.2) is 6.61 Å². The number of rotatable bonds is 10. The number of nitrogens with one attached hydrogen (secondary N) is 2. The molecule has 10 heteroatoms. The minimum Gasteiger partial charge on any atom is -0.456 e. The summed E-state index contributed by atoms with van der Waals surface area (Å²) < 4.78 is 11.7. The predicted octanol–water partition coefficient (Wildman–Crippen LogP) is 7.46. The van der Waals surface area contributed by atoms with Gasteiger partial charge < -0.3 is 20.1 Å². The van der Waals surface area contributed by atoms with Crippen molar-refractivity contribution in [3.05, 3.63) is 80.2 Å². The van der Waals surface area contributed by atoms with Crippen LogP contribution < -0.4 is 15.4 Å². The SMILES string of the molecule is Cc1cc(NC(=O)COC(=O)CCCC(=O)Nc2ccc(Oc3ccc(Cl)cc3Cl)cc2)cc(C)c1Br. The molecule has 0 aliphatic heterocycles. The lowest BCUT2D eigenvalue weighted by Crippen LogP contribution is -2.21. The number of carbonyl (C=O) groups excluding carboxylic acids is 3. The average molecular weight is 608 g/mol. The van der Waals surface area contributed by atoms with E-state index in [0.717, 1.165) is 15.6 Å². The maximum Gasteiger partial charge on any atom is 0.306 e. The van der Waals surface area contributed by atoms with Crippen molar-refractivity contribution in [1.82, 2.24) is 0 Å². The summed E-state index contributed by atoms with van der Waals surface area (Å²) in [5.74, 6) is -0.225. The summed E-state index contributed by atoms with van der Waals surface area (Å²) in [7, 11) is 0. The minimum atomic E-state index is -0.548. The number of benzene rings is 3. The molecule has 0 aliphatic carbocycles. The van der Waals surface area contributed by atoms with Gasteiger partial charge in [0.2, 0.25) is 5.91 Å². The van der Waals surface area contributed by atoms with Gasteiger partial charge in [-0.3, -0.25) is 14.4 Å². The molecule has 7 nitrogen and oxygen atoms in total. The van der Waals surface area contributed by atoms with E-state index in [9.17, 15) is 14.4 Å². The number of amides is 2. The summed E-state index contributed by atoms with van der Waals surface area (Å²) in [6.07, 6.45) is 0.427. The number of anilines is 2. The van der Waals surface area contributed by atoms with Gasteiger partial charge in [0.25, 0.3) is 5.91 Å². The fourth-order valence-electron chi connectivity index (χ4n) is 3.34. The highest BCUT2D eigenvalue weighted by atomic mass is 79.9. The van der Waals surface area contributed by atoms with Gasteiger partial charge in [0, 0.05) is 33.7 Å². The van der Waals surface area contributed by atoms with Gasteiger partial charge in [-0.25, -0.2) is 0 Å². The summed E-state index contributed by atoms with van der Waals surface area (Å²) in [5.41, 5.74) is 3.18. The third-order valence-corrected chi connectivity index (χ3v) is 6.91. The van der Waals surface area contributed by atoms with E-state index in [1.54, 1.807) is 42.5 Å². The Balaban J connectivity index is 1.35. The summed E-state index contributed by atoms with van der Waals surface area (Å²) in [4.78, 5) is 36.2. The van der Waals surface area contributed by atoms with Gasteiger partial charge in [0.1, 0.15) is 11.5 Å². The molecule has 3 aromatic rings. The van der Waals surface area contributed by atoms with E-state index < -0.39 is 18.5 Å². The summed E-state index contributed by atoms with van der Waals surface area (Å²) >= 11 is 15.5. The van der Waals surface area contributed by atoms with Crippen LogP contribution in [-0.4, -0.2) is 24.4 Å². The first-order chi connectivity index (χ1) is 17.6. The van der Waals surface area contributed by atoms with Crippen molar-refractivity contribution in [2.45, 2.75) is 33.1 Å². The van der Waals surface area contributed by atoms with Crippen LogP contribution in [0, 0.1) is 13.8 Å². The smallest absolute Gasteiger partial charge is 0.306 e. The Kier molecular flexibility index (Phi) is 10.4. The van der Waals surface area contributed by atoms with Crippen LogP contribution in [0.2, 0.25) is 10.0 Å². The normalized spacial score (nSPS) is 10.5. The van der Waals surface area contributed by atoms with Crippen LogP contribution in [0.3, 0.4) is 0 Å². The highest BCUT2D eigenvalue weighted by Gasteiger charge is 2.11. The Hall–Kier alpha value is -3.07. The van der Waals surface area contributed by atoms with Crippen LogP contribution in [0.4, 0.5) is 11.4 Å². The van der Waals surface area contributed by atoms with E-state index in [1.807, 2.05) is 26.0 Å². The van der Waals surface area contributed by atoms with Crippen LogP contribution in [0.15, 0.2) is 59.1 Å². The fourth-order valence-corrected chi connectivity index (χ4v) is 4.02. The predicted molar refractivity (Wildman–Crippen MR) is 149 cm³/mol. The van der Waals surface area contributed by atoms with Crippen molar-refractivity contribution in [1.29, 1.82) is 0 Å². The van der Waals surface area contributed by atoms with Crippen LogP contribution in [0.5, 0.6) is 11.5 Å². The largest absolute Gasteiger partial charge is 0.456 e. The first-order valence-corrected chi connectivity index (χ1v) is 12.9. The number of hydrogen-bond donors (Lipinski definition) is 2. The van der Waals surface area contributed by atoms with Gasteiger partial charge >= 0.3 is 5.97 Å². The molecule has 3 rings (SSSR count). The number of aryl methyl sites for hydroxylation is 2. The summed E-state index contributed by atoms with van der Waals surface area (Å²) in [6, 6.07) is 15.4. The standard InChI is InChI=1S/C27H25BrCl2N2O5/c1-16-12-20(13-17(2)27(16)28)32-25(34)15-36-26(35)5-3-4-24(33)31-19-7-9-21(10-8-19)37-23-11-6-18(29)14-22(23)30/h6-14H,3-5,15H2,1-2H3,(H,31,33)(H,32,34). The lowest BCUT2D eigenvalue weighted by molar-refractivity contribution is -0.147.